The number of amides is 1. The highest BCUT2D eigenvalue weighted by atomic mass is 16.5. The molecule has 6 heteroatoms. The van der Waals surface area contributed by atoms with Crippen LogP contribution in [0.4, 0.5) is 5.69 Å². The third-order valence-electron chi connectivity index (χ3n) is 2.40. The van der Waals surface area contributed by atoms with E-state index in [1.807, 2.05) is 0 Å². The van der Waals surface area contributed by atoms with Crippen molar-refractivity contribution in [3.63, 3.8) is 0 Å². The molecule has 0 aliphatic carbocycles. The van der Waals surface area contributed by atoms with Gasteiger partial charge in [0.25, 0.3) is 5.91 Å². The summed E-state index contributed by atoms with van der Waals surface area (Å²) in [5, 5.41) is 8.86. The minimum atomic E-state index is -1.10. The first kappa shape index (κ1) is 14.1. The van der Waals surface area contributed by atoms with Crippen molar-refractivity contribution in [3.8, 4) is 0 Å². The summed E-state index contributed by atoms with van der Waals surface area (Å²) in [5.74, 6) is -1.56. The maximum Gasteiger partial charge on any atom is 0.323 e. The number of hydrogen-bond donors (Lipinski definition) is 2. The zero-order valence-corrected chi connectivity index (χ0v) is 10.1. The minimum absolute atomic E-state index is 0.00170. The van der Waals surface area contributed by atoms with Crippen LogP contribution in [0.15, 0.2) is 30.3 Å². The van der Waals surface area contributed by atoms with Gasteiger partial charge in [-0.2, -0.15) is 0 Å². The number of benzene rings is 1. The van der Waals surface area contributed by atoms with Crippen LogP contribution >= 0.6 is 0 Å². The van der Waals surface area contributed by atoms with Crippen LogP contribution in [0, 0.1) is 0 Å². The summed E-state index contributed by atoms with van der Waals surface area (Å²) in [6, 6.07) is 8.54. The van der Waals surface area contributed by atoms with Gasteiger partial charge in [-0.15, -0.1) is 0 Å². The van der Waals surface area contributed by atoms with Crippen molar-refractivity contribution in [1.82, 2.24) is 0 Å². The lowest BCUT2D eigenvalue weighted by Gasteiger charge is -2.24. The van der Waals surface area contributed by atoms with Gasteiger partial charge in [0, 0.05) is 19.3 Å². The molecule has 1 amide bonds. The standard InChI is InChI=1S/C12H16N2O4/c1-18-10(7-13)12(17)14(8-11(15)16)9-5-3-2-4-6-9/h2-6,10H,7-8,13H2,1H3,(H,15,16). The van der Waals surface area contributed by atoms with E-state index >= 15 is 0 Å². The fourth-order valence-electron chi connectivity index (χ4n) is 1.51. The van der Waals surface area contributed by atoms with E-state index in [1.165, 1.54) is 7.11 Å². The predicted molar refractivity (Wildman–Crippen MR) is 66.3 cm³/mol. The van der Waals surface area contributed by atoms with Gasteiger partial charge in [0.1, 0.15) is 12.6 Å². The van der Waals surface area contributed by atoms with Crippen molar-refractivity contribution in [2.45, 2.75) is 6.10 Å². The van der Waals surface area contributed by atoms with Crippen molar-refractivity contribution in [1.29, 1.82) is 0 Å². The van der Waals surface area contributed by atoms with Crippen LogP contribution in [-0.2, 0) is 14.3 Å². The van der Waals surface area contributed by atoms with Crippen LogP contribution in [0.5, 0.6) is 0 Å². The van der Waals surface area contributed by atoms with Gasteiger partial charge >= 0.3 is 5.97 Å². The molecule has 3 N–H and O–H groups in total. The molecule has 0 radical (unpaired) electrons. The summed E-state index contributed by atoms with van der Waals surface area (Å²) >= 11 is 0. The topological polar surface area (TPSA) is 92.9 Å². The van der Waals surface area contributed by atoms with Crippen molar-refractivity contribution in [2.24, 2.45) is 5.73 Å². The summed E-state index contributed by atoms with van der Waals surface area (Å²) in [5.41, 5.74) is 5.91. The highest BCUT2D eigenvalue weighted by Crippen LogP contribution is 2.14. The van der Waals surface area contributed by atoms with Crippen molar-refractivity contribution >= 4 is 17.6 Å². The normalized spacial score (nSPS) is 11.9. The van der Waals surface area contributed by atoms with Crippen LogP contribution < -0.4 is 10.6 Å². The van der Waals surface area contributed by atoms with Gasteiger partial charge in [0.2, 0.25) is 0 Å². The Morgan fingerprint density at radius 2 is 2.00 bits per heavy atom. The molecule has 0 spiro atoms. The van der Waals surface area contributed by atoms with Gasteiger partial charge in [-0.05, 0) is 12.1 Å². The van der Waals surface area contributed by atoms with E-state index in [4.69, 9.17) is 15.6 Å². The minimum Gasteiger partial charge on any atom is -0.480 e. The summed E-state index contributed by atoms with van der Waals surface area (Å²) < 4.78 is 4.94. The van der Waals surface area contributed by atoms with Gasteiger partial charge in [-0.3, -0.25) is 14.5 Å². The van der Waals surface area contributed by atoms with E-state index in [0.29, 0.717) is 5.69 Å². The van der Waals surface area contributed by atoms with E-state index < -0.39 is 24.5 Å². The lowest BCUT2D eigenvalue weighted by molar-refractivity contribution is -0.138. The fourth-order valence-corrected chi connectivity index (χ4v) is 1.51. The Balaban J connectivity index is 2.98. The molecular formula is C12H16N2O4. The van der Waals surface area contributed by atoms with Gasteiger partial charge in [-0.1, -0.05) is 18.2 Å². The van der Waals surface area contributed by atoms with Crippen molar-refractivity contribution in [2.75, 3.05) is 25.1 Å². The monoisotopic (exact) mass is 252 g/mol. The number of nitrogens with two attached hydrogens (primary N) is 1. The SMILES string of the molecule is COC(CN)C(=O)N(CC(=O)O)c1ccccc1. The third-order valence-corrected chi connectivity index (χ3v) is 2.40. The molecule has 0 aliphatic heterocycles. The molecule has 1 unspecified atom stereocenters. The first-order chi connectivity index (χ1) is 8.60. The number of nitrogens with zero attached hydrogens (tertiary/aromatic N) is 1. The summed E-state index contributed by atoms with van der Waals surface area (Å²) in [6.07, 6.45) is -0.843. The van der Waals surface area contributed by atoms with Gasteiger partial charge < -0.3 is 15.6 Å². The number of carboxylic acid groups (broad SMARTS) is 1. The summed E-state index contributed by atoms with van der Waals surface area (Å²) in [6.45, 7) is -0.430. The Hall–Kier alpha value is -1.92. The highest BCUT2D eigenvalue weighted by molar-refractivity contribution is 6.00. The van der Waals surface area contributed by atoms with Crippen LogP contribution in [0.1, 0.15) is 0 Å². The molecule has 0 bridgehead atoms. The number of methoxy groups -OCH3 is 1. The van der Waals surface area contributed by atoms with Gasteiger partial charge in [0.05, 0.1) is 0 Å². The molecule has 1 rings (SSSR count). The second-order valence-electron chi connectivity index (χ2n) is 3.61. The van der Waals surface area contributed by atoms with E-state index in [1.54, 1.807) is 30.3 Å². The molecule has 0 aliphatic rings. The number of carboxylic acids is 1. The van der Waals surface area contributed by atoms with E-state index in [9.17, 15) is 9.59 Å². The zero-order valence-electron chi connectivity index (χ0n) is 10.1. The average Bonchev–Trinajstić information content (AvgIpc) is 2.38. The number of anilines is 1. The van der Waals surface area contributed by atoms with Gasteiger partial charge in [-0.25, -0.2) is 0 Å². The largest absolute Gasteiger partial charge is 0.480 e. The second-order valence-corrected chi connectivity index (χ2v) is 3.61. The van der Waals surface area contributed by atoms with Crippen LogP contribution in [0.2, 0.25) is 0 Å². The molecule has 0 aromatic heterocycles. The molecule has 6 nitrogen and oxygen atoms in total. The maximum atomic E-state index is 12.1. The summed E-state index contributed by atoms with van der Waals surface area (Å²) in [7, 11) is 1.36. The molecule has 0 heterocycles. The summed E-state index contributed by atoms with van der Waals surface area (Å²) in [4.78, 5) is 24.1. The lowest BCUT2D eigenvalue weighted by atomic mass is 10.2. The smallest absolute Gasteiger partial charge is 0.323 e. The Labute approximate surface area is 105 Å². The Morgan fingerprint density at radius 1 is 1.39 bits per heavy atom. The quantitative estimate of drug-likeness (QED) is 0.747. The number of hydrogen-bond acceptors (Lipinski definition) is 4. The molecule has 1 aromatic rings. The van der Waals surface area contributed by atoms with Crippen molar-refractivity contribution < 1.29 is 19.4 Å². The molecule has 1 aromatic carbocycles. The number of rotatable bonds is 6. The first-order valence-corrected chi connectivity index (χ1v) is 5.41. The Kier molecular flexibility index (Phi) is 5.29. The van der Waals surface area contributed by atoms with Crippen molar-refractivity contribution in [3.05, 3.63) is 30.3 Å². The zero-order chi connectivity index (χ0) is 13.5. The highest BCUT2D eigenvalue weighted by Gasteiger charge is 2.25. The Morgan fingerprint density at radius 3 is 2.44 bits per heavy atom. The third kappa shape index (κ3) is 3.54. The van der Waals surface area contributed by atoms with E-state index in [-0.39, 0.29) is 6.54 Å². The number of carbonyl (C=O) groups is 2. The average molecular weight is 252 g/mol. The number of para-hydroxylation sites is 1. The van der Waals surface area contributed by atoms with Crippen LogP contribution in [0.3, 0.4) is 0 Å². The van der Waals surface area contributed by atoms with Gasteiger partial charge in [0.15, 0.2) is 0 Å². The number of aliphatic carboxylic acids is 1. The number of carbonyl (C=O) groups excluding carboxylic acids is 1. The molecule has 98 valence electrons. The van der Waals surface area contributed by atoms with E-state index in [2.05, 4.69) is 0 Å². The lowest BCUT2D eigenvalue weighted by Crippen LogP contribution is -2.46. The van der Waals surface area contributed by atoms with Crippen LogP contribution in [0.25, 0.3) is 0 Å². The predicted octanol–water partition coefficient (Wildman–Crippen LogP) is 0.0779. The molecule has 18 heavy (non-hydrogen) atoms. The Bertz CT molecular complexity index is 404. The number of ether oxygens (including phenoxy) is 1. The maximum absolute atomic E-state index is 12.1. The molecule has 1 atom stereocenters. The molecule has 0 saturated heterocycles. The molecule has 0 saturated carbocycles. The first-order valence-electron chi connectivity index (χ1n) is 5.41. The van der Waals surface area contributed by atoms with E-state index in [0.717, 1.165) is 4.90 Å². The molecular weight excluding hydrogens is 236 g/mol. The van der Waals surface area contributed by atoms with Crippen LogP contribution in [-0.4, -0.2) is 43.3 Å². The fraction of sp³-hybridized carbons (Fsp3) is 0.333. The molecule has 0 fully saturated rings. The second kappa shape index (κ2) is 6.73.